The van der Waals surface area contributed by atoms with E-state index in [2.05, 4.69) is 42.0 Å². The minimum Gasteiger partial charge on any atom is -0.481 e. The van der Waals surface area contributed by atoms with Crippen LogP contribution in [0.15, 0.2) is 36.5 Å². The van der Waals surface area contributed by atoms with Gasteiger partial charge in [-0.2, -0.15) is 0 Å². The summed E-state index contributed by atoms with van der Waals surface area (Å²) in [5, 5.41) is 8.61. The molecule has 1 N–H and O–H groups in total. The Morgan fingerprint density at radius 2 is 1.22 bits per heavy atom. The van der Waals surface area contributed by atoms with Gasteiger partial charge in [-0.25, -0.2) is 4.98 Å². The predicted octanol–water partition coefficient (Wildman–Crippen LogP) is 8.05. The summed E-state index contributed by atoms with van der Waals surface area (Å²) in [6, 6.07) is 10.5. The molecule has 178 valence electrons. The Bertz CT molecular complexity index is 739. The lowest BCUT2D eigenvalue weighted by atomic mass is 10.0. The first-order chi connectivity index (χ1) is 15.7. The largest absolute Gasteiger partial charge is 0.481 e. The van der Waals surface area contributed by atoms with Crippen molar-refractivity contribution in [2.45, 2.75) is 116 Å². The number of para-hydroxylation sites is 1. The molecule has 0 spiro atoms. The highest BCUT2D eigenvalue weighted by Crippen LogP contribution is 2.16. The molecule has 0 atom stereocenters. The summed E-state index contributed by atoms with van der Waals surface area (Å²) in [5.74, 6) is 0.411. The van der Waals surface area contributed by atoms with Gasteiger partial charge < -0.3 is 9.67 Å². The molecule has 0 unspecified atom stereocenters. The van der Waals surface area contributed by atoms with Crippen LogP contribution in [-0.4, -0.2) is 20.6 Å². The maximum absolute atomic E-state index is 10.4. The van der Waals surface area contributed by atoms with Gasteiger partial charge in [0.25, 0.3) is 0 Å². The zero-order valence-corrected chi connectivity index (χ0v) is 20.2. The van der Waals surface area contributed by atoms with E-state index in [-0.39, 0.29) is 0 Å². The quantitative estimate of drug-likeness (QED) is 0.225. The normalized spacial score (nSPS) is 11.2. The number of carboxylic acids is 1. The first-order valence-corrected chi connectivity index (χ1v) is 13.0. The van der Waals surface area contributed by atoms with Gasteiger partial charge in [-0.15, -0.1) is 0 Å². The number of unbranched alkanes of at least 4 members (excludes halogenated alkanes) is 14. The lowest BCUT2D eigenvalue weighted by Gasteiger charge is -2.03. The maximum Gasteiger partial charge on any atom is 0.303 e. The third-order valence-electron chi connectivity index (χ3n) is 6.29. The van der Waals surface area contributed by atoms with Crippen LogP contribution in [0, 0.1) is 6.92 Å². The molecule has 4 heteroatoms. The highest BCUT2D eigenvalue weighted by molar-refractivity contribution is 5.66. The first kappa shape index (κ1) is 26.2. The van der Waals surface area contributed by atoms with Crippen LogP contribution in [0.2, 0.25) is 0 Å². The summed E-state index contributed by atoms with van der Waals surface area (Å²) < 4.78 is 2.19. The van der Waals surface area contributed by atoms with Crippen molar-refractivity contribution in [3.05, 3.63) is 48.0 Å². The summed E-state index contributed by atoms with van der Waals surface area (Å²) in [7, 11) is 0. The van der Waals surface area contributed by atoms with E-state index in [0.29, 0.717) is 6.42 Å². The molecular weight excluding hydrogens is 396 g/mol. The van der Waals surface area contributed by atoms with Crippen LogP contribution in [0.1, 0.15) is 114 Å². The molecule has 0 aliphatic rings. The van der Waals surface area contributed by atoms with Crippen molar-refractivity contribution < 1.29 is 9.90 Å². The maximum atomic E-state index is 10.4. The van der Waals surface area contributed by atoms with Crippen LogP contribution < -0.4 is 0 Å². The van der Waals surface area contributed by atoms with Crippen LogP contribution >= 0.6 is 0 Å². The average Bonchev–Trinajstić information content (AvgIpc) is 3.16. The van der Waals surface area contributed by atoms with Gasteiger partial charge in [-0.3, -0.25) is 4.79 Å². The Morgan fingerprint density at radius 1 is 0.750 bits per heavy atom. The fraction of sp³-hybridized carbons (Fsp3) is 0.643. The van der Waals surface area contributed by atoms with E-state index in [1.54, 1.807) is 0 Å². The lowest BCUT2D eigenvalue weighted by molar-refractivity contribution is -0.137. The number of hydrogen-bond donors (Lipinski definition) is 1. The van der Waals surface area contributed by atoms with E-state index >= 15 is 0 Å². The number of imidazole rings is 1. The molecule has 0 bridgehead atoms. The number of rotatable bonds is 19. The lowest BCUT2D eigenvalue weighted by Crippen LogP contribution is -1.93. The van der Waals surface area contributed by atoms with Crippen molar-refractivity contribution >= 4 is 5.97 Å². The molecule has 1 aromatic heterocycles. The summed E-state index contributed by atoms with van der Waals surface area (Å²) in [4.78, 5) is 15.2. The molecule has 0 fully saturated rings. The van der Waals surface area contributed by atoms with Gasteiger partial charge in [0.15, 0.2) is 0 Å². The number of aliphatic carboxylic acids is 1. The number of aromatic nitrogens is 2. The van der Waals surface area contributed by atoms with E-state index in [0.717, 1.165) is 25.1 Å². The second-order valence-corrected chi connectivity index (χ2v) is 9.18. The molecular formula is C28H44N2O2. The number of benzene rings is 1. The van der Waals surface area contributed by atoms with Crippen molar-refractivity contribution in [2.75, 3.05) is 0 Å². The Kier molecular flexibility index (Phi) is 13.5. The molecule has 0 amide bonds. The Morgan fingerprint density at radius 3 is 1.72 bits per heavy atom. The first-order valence-electron chi connectivity index (χ1n) is 13.0. The highest BCUT2D eigenvalue weighted by Gasteiger charge is 2.05. The van der Waals surface area contributed by atoms with E-state index < -0.39 is 5.97 Å². The summed E-state index contributed by atoms with van der Waals surface area (Å²) >= 11 is 0. The summed E-state index contributed by atoms with van der Waals surface area (Å²) in [6.45, 7) is 2.08. The van der Waals surface area contributed by atoms with Crippen molar-refractivity contribution in [1.29, 1.82) is 0 Å². The van der Waals surface area contributed by atoms with E-state index in [1.807, 2.05) is 6.07 Å². The minimum atomic E-state index is -0.660. The zero-order chi connectivity index (χ0) is 22.9. The van der Waals surface area contributed by atoms with Crippen molar-refractivity contribution in [1.82, 2.24) is 9.55 Å². The topological polar surface area (TPSA) is 55.1 Å². The Labute approximate surface area is 195 Å². The minimum absolute atomic E-state index is 0.333. The fourth-order valence-corrected chi connectivity index (χ4v) is 4.38. The number of aryl methyl sites for hydroxylation is 2. The molecule has 0 aliphatic heterocycles. The number of carbonyl (C=O) groups is 1. The number of hydrogen-bond acceptors (Lipinski definition) is 2. The smallest absolute Gasteiger partial charge is 0.303 e. The van der Waals surface area contributed by atoms with Gasteiger partial charge in [0.2, 0.25) is 0 Å². The summed E-state index contributed by atoms with van der Waals surface area (Å²) in [5.41, 5.74) is 2.41. The third-order valence-corrected chi connectivity index (χ3v) is 6.29. The second kappa shape index (κ2) is 16.5. The van der Waals surface area contributed by atoms with Gasteiger partial charge in [-0.1, -0.05) is 102 Å². The average molecular weight is 441 g/mol. The zero-order valence-electron chi connectivity index (χ0n) is 20.2. The molecule has 0 radical (unpaired) electrons. The molecule has 1 heterocycles. The van der Waals surface area contributed by atoms with Crippen LogP contribution in [0.5, 0.6) is 0 Å². The molecule has 0 saturated heterocycles. The molecule has 1 aromatic carbocycles. The Balaban J connectivity index is 1.36. The molecule has 2 rings (SSSR count). The van der Waals surface area contributed by atoms with E-state index in [9.17, 15) is 4.79 Å². The highest BCUT2D eigenvalue weighted by atomic mass is 16.4. The number of carboxylic acid groups (broad SMARTS) is 1. The summed E-state index contributed by atoms with van der Waals surface area (Å²) in [6.07, 6.45) is 22.8. The van der Waals surface area contributed by atoms with Gasteiger partial charge in [-0.05, 0) is 38.3 Å². The fourth-order valence-electron chi connectivity index (χ4n) is 4.38. The van der Waals surface area contributed by atoms with Gasteiger partial charge in [0.1, 0.15) is 5.82 Å². The van der Waals surface area contributed by atoms with Crippen LogP contribution in [0.25, 0.3) is 5.69 Å². The second-order valence-electron chi connectivity index (χ2n) is 9.18. The molecule has 0 saturated carbocycles. The SMILES string of the molecule is Cc1nc(CCCCCCCCCCCCCCCCCC(=O)O)cn1-c1ccccc1. The standard InChI is InChI=1S/C28H44N2O2/c1-25-29-26(24-30(25)27-21-17-15-18-22-27)20-16-13-11-9-7-5-3-2-4-6-8-10-12-14-19-23-28(31)32/h15,17-18,21-22,24H,2-14,16,19-20,23H2,1H3,(H,31,32). The van der Waals surface area contributed by atoms with Crippen molar-refractivity contribution in [3.63, 3.8) is 0 Å². The van der Waals surface area contributed by atoms with Crippen molar-refractivity contribution in [2.24, 2.45) is 0 Å². The van der Waals surface area contributed by atoms with Gasteiger partial charge in [0, 0.05) is 18.3 Å². The van der Waals surface area contributed by atoms with Crippen LogP contribution in [0.4, 0.5) is 0 Å². The monoisotopic (exact) mass is 440 g/mol. The Hall–Kier alpha value is -2.10. The van der Waals surface area contributed by atoms with Gasteiger partial charge >= 0.3 is 5.97 Å². The van der Waals surface area contributed by atoms with Crippen LogP contribution in [0.3, 0.4) is 0 Å². The van der Waals surface area contributed by atoms with Gasteiger partial charge in [0.05, 0.1) is 5.69 Å². The van der Waals surface area contributed by atoms with Crippen LogP contribution in [-0.2, 0) is 11.2 Å². The number of nitrogens with zero attached hydrogens (tertiary/aromatic N) is 2. The molecule has 0 aliphatic carbocycles. The molecule has 4 nitrogen and oxygen atoms in total. The molecule has 2 aromatic rings. The van der Waals surface area contributed by atoms with E-state index in [1.165, 1.54) is 94.9 Å². The predicted molar refractivity (Wildman–Crippen MR) is 134 cm³/mol. The van der Waals surface area contributed by atoms with E-state index in [4.69, 9.17) is 10.1 Å². The van der Waals surface area contributed by atoms with Crippen molar-refractivity contribution in [3.8, 4) is 5.69 Å². The molecule has 32 heavy (non-hydrogen) atoms. The third kappa shape index (κ3) is 11.5.